The standard InChI is InChI=1S/C16H8Cl2FNO2/c17-10-6-4-9(5-7-10)15-20-14(16(21)22-15)8-11-12(18)2-1-3-13(11)19/h1-8H/b14-8-. The van der Waals surface area contributed by atoms with Gasteiger partial charge in [0.05, 0.1) is 5.02 Å². The third-order valence-corrected chi connectivity index (χ3v) is 3.57. The van der Waals surface area contributed by atoms with Gasteiger partial charge in [-0.1, -0.05) is 29.3 Å². The molecule has 2 aromatic rings. The first-order chi connectivity index (χ1) is 10.5. The van der Waals surface area contributed by atoms with Crippen molar-refractivity contribution in [1.82, 2.24) is 0 Å². The van der Waals surface area contributed by atoms with Gasteiger partial charge in [-0.05, 0) is 42.5 Å². The normalized spacial score (nSPS) is 15.9. The van der Waals surface area contributed by atoms with E-state index in [2.05, 4.69) is 4.99 Å². The molecular formula is C16H8Cl2FNO2. The molecule has 3 rings (SSSR count). The zero-order chi connectivity index (χ0) is 15.7. The van der Waals surface area contributed by atoms with Crippen LogP contribution in [0.5, 0.6) is 0 Å². The van der Waals surface area contributed by atoms with E-state index in [0.717, 1.165) is 0 Å². The predicted molar refractivity (Wildman–Crippen MR) is 83.5 cm³/mol. The van der Waals surface area contributed by atoms with Crippen molar-refractivity contribution in [3.05, 3.63) is 75.2 Å². The topological polar surface area (TPSA) is 38.7 Å². The number of halogens is 3. The summed E-state index contributed by atoms with van der Waals surface area (Å²) in [5.41, 5.74) is 0.676. The van der Waals surface area contributed by atoms with Crippen molar-refractivity contribution >= 4 is 41.1 Å². The van der Waals surface area contributed by atoms with Gasteiger partial charge in [0.15, 0.2) is 5.70 Å². The predicted octanol–water partition coefficient (Wildman–Crippen LogP) is 4.48. The lowest BCUT2D eigenvalue weighted by atomic mass is 10.2. The highest BCUT2D eigenvalue weighted by Gasteiger charge is 2.24. The highest BCUT2D eigenvalue weighted by molar-refractivity contribution is 6.32. The van der Waals surface area contributed by atoms with Crippen molar-refractivity contribution in [1.29, 1.82) is 0 Å². The van der Waals surface area contributed by atoms with Gasteiger partial charge in [0, 0.05) is 16.1 Å². The molecule has 0 atom stereocenters. The van der Waals surface area contributed by atoms with Crippen molar-refractivity contribution in [2.75, 3.05) is 0 Å². The number of carbonyl (C=O) groups excluding carboxylic acids is 1. The SMILES string of the molecule is O=C1OC(c2ccc(Cl)cc2)=N/C1=C\c1c(F)cccc1Cl. The molecule has 22 heavy (non-hydrogen) atoms. The maximum atomic E-state index is 13.8. The Balaban J connectivity index is 1.99. The number of benzene rings is 2. The van der Waals surface area contributed by atoms with Gasteiger partial charge in [0.1, 0.15) is 5.82 Å². The van der Waals surface area contributed by atoms with Crippen molar-refractivity contribution in [2.45, 2.75) is 0 Å². The van der Waals surface area contributed by atoms with E-state index >= 15 is 0 Å². The minimum atomic E-state index is -0.663. The molecule has 0 saturated heterocycles. The maximum Gasteiger partial charge on any atom is 0.363 e. The lowest BCUT2D eigenvalue weighted by Crippen LogP contribution is -2.05. The minimum absolute atomic E-state index is 0.0167. The molecule has 0 saturated carbocycles. The van der Waals surface area contributed by atoms with E-state index in [1.807, 2.05) is 0 Å². The Morgan fingerprint density at radius 2 is 1.82 bits per heavy atom. The second kappa shape index (κ2) is 5.91. The molecule has 0 radical (unpaired) electrons. The molecule has 0 spiro atoms. The summed E-state index contributed by atoms with van der Waals surface area (Å²) in [6.07, 6.45) is 1.27. The molecule has 6 heteroatoms. The van der Waals surface area contributed by atoms with E-state index in [1.165, 1.54) is 24.3 Å². The summed E-state index contributed by atoms with van der Waals surface area (Å²) in [6.45, 7) is 0. The number of hydrogen-bond donors (Lipinski definition) is 0. The van der Waals surface area contributed by atoms with Crippen LogP contribution in [0.2, 0.25) is 10.0 Å². The second-order valence-electron chi connectivity index (χ2n) is 4.48. The van der Waals surface area contributed by atoms with Crippen LogP contribution in [-0.4, -0.2) is 11.9 Å². The first-order valence-electron chi connectivity index (χ1n) is 6.27. The van der Waals surface area contributed by atoms with Crippen molar-refractivity contribution < 1.29 is 13.9 Å². The van der Waals surface area contributed by atoms with Crippen LogP contribution in [0, 0.1) is 5.82 Å². The second-order valence-corrected chi connectivity index (χ2v) is 5.32. The average Bonchev–Trinajstić information content (AvgIpc) is 2.85. The Morgan fingerprint density at radius 1 is 1.09 bits per heavy atom. The van der Waals surface area contributed by atoms with Gasteiger partial charge in [-0.2, -0.15) is 0 Å². The van der Waals surface area contributed by atoms with E-state index in [9.17, 15) is 9.18 Å². The summed E-state index contributed by atoms with van der Waals surface area (Å²) in [5, 5.41) is 0.748. The fourth-order valence-electron chi connectivity index (χ4n) is 1.91. The Hall–Kier alpha value is -2.17. The third kappa shape index (κ3) is 2.89. The molecule has 0 aromatic heterocycles. The summed E-state index contributed by atoms with van der Waals surface area (Å²) < 4.78 is 18.8. The van der Waals surface area contributed by atoms with Crippen LogP contribution >= 0.6 is 23.2 Å². The van der Waals surface area contributed by atoms with Gasteiger partial charge in [-0.25, -0.2) is 14.2 Å². The molecule has 110 valence electrons. The smallest absolute Gasteiger partial charge is 0.363 e. The third-order valence-electron chi connectivity index (χ3n) is 2.99. The Morgan fingerprint density at radius 3 is 2.50 bits per heavy atom. The zero-order valence-corrected chi connectivity index (χ0v) is 12.5. The van der Waals surface area contributed by atoms with E-state index in [1.54, 1.807) is 24.3 Å². The van der Waals surface area contributed by atoms with Gasteiger partial charge in [-0.15, -0.1) is 0 Å². The van der Waals surface area contributed by atoms with Crippen LogP contribution in [0.15, 0.2) is 53.2 Å². The molecule has 2 aromatic carbocycles. The lowest BCUT2D eigenvalue weighted by molar-refractivity contribution is -0.129. The fourth-order valence-corrected chi connectivity index (χ4v) is 2.25. The summed E-state index contributed by atoms with van der Waals surface area (Å²) in [7, 11) is 0. The van der Waals surface area contributed by atoms with Crippen LogP contribution in [0.4, 0.5) is 4.39 Å². The summed E-state index contributed by atoms with van der Waals surface area (Å²) in [5.74, 6) is -1.06. The van der Waals surface area contributed by atoms with Crippen molar-refractivity contribution in [2.24, 2.45) is 4.99 Å². The molecule has 0 unspecified atom stereocenters. The summed E-state index contributed by atoms with van der Waals surface area (Å²) in [6, 6.07) is 10.9. The molecule has 3 nitrogen and oxygen atoms in total. The first kappa shape index (κ1) is 14.8. The van der Waals surface area contributed by atoms with Crippen LogP contribution in [0.1, 0.15) is 11.1 Å². The lowest BCUT2D eigenvalue weighted by Gasteiger charge is -1.99. The highest BCUT2D eigenvalue weighted by atomic mass is 35.5. The Kier molecular flexibility index (Phi) is 3.96. The van der Waals surface area contributed by atoms with Crippen LogP contribution < -0.4 is 0 Å². The average molecular weight is 336 g/mol. The van der Waals surface area contributed by atoms with Gasteiger partial charge in [-0.3, -0.25) is 0 Å². The summed E-state index contributed by atoms with van der Waals surface area (Å²) >= 11 is 11.7. The van der Waals surface area contributed by atoms with Gasteiger partial charge in [0.25, 0.3) is 0 Å². The number of aliphatic imine (C=N–C) groups is 1. The maximum absolute atomic E-state index is 13.8. The van der Waals surface area contributed by atoms with Crippen LogP contribution in [-0.2, 0) is 9.53 Å². The number of cyclic esters (lactones) is 1. The number of carbonyl (C=O) groups is 1. The molecule has 0 N–H and O–H groups in total. The molecule has 0 fully saturated rings. The summed E-state index contributed by atoms with van der Waals surface area (Å²) in [4.78, 5) is 15.9. The van der Waals surface area contributed by atoms with Crippen molar-refractivity contribution in [3.63, 3.8) is 0 Å². The van der Waals surface area contributed by atoms with Crippen LogP contribution in [0.25, 0.3) is 6.08 Å². The molecule has 1 aliphatic rings. The number of esters is 1. The molecule has 0 amide bonds. The van der Waals surface area contributed by atoms with E-state index in [4.69, 9.17) is 27.9 Å². The quantitative estimate of drug-likeness (QED) is 0.599. The minimum Gasteiger partial charge on any atom is -0.402 e. The first-order valence-corrected chi connectivity index (χ1v) is 7.03. The monoisotopic (exact) mass is 335 g/mol. The van der Waals surface area contributed by atoms with Crippen LogP contribution in [0.3, 0.4) is 0 Å². The van der Waals surface area contributed by atoms with Crippen molar-refractivity contribution in [3.8, 4) is 0 Å². The molecule has 0 aliphatic carbocycles. The van der Waals surface area contributed by atoms with E-state index in [0.29, 0.717) is 10.6 Å². The number of nitrogens with zero attached hydrogens (tertiary/aromatic N) is 1. The largest absolute Gasteiger partial charge is 0.402 e. The Bertz CT molecular complexity index is 793. The molecular weight excluding hydrogens is 328 g/mol. The Labute approximate surface area is 135 Å². The fraction of sp³-hybridized carbons (Fsp3) is 0. The molecule has 1 aliphatic heterocycles. The zero-order valence-electron chi connectivity index (χ0n) is 11.0. The molecule has 1 heterocycles. The van der Waals surface area contributed by atoms with Gasteiger partial charge in [0.2, 0.25) is 5.90 Å². The van der Waals surface area contributed by atoms with Gasteiger partial charge < -0.3 is 4.74 Å². The van der Waals surface area contributed by atoms with E-state index in [-0.39, 0.29) is 22.2 Å². The highest BCUT2D eigenvalue weighted by Crippen LogP contribution is 2.25. The molecule has 0 bridgehead atoms. The number of hydrogen-bond acceptors (Lipinski definition) is 3. The number of ether oxygens (including phenoxy) is 1. The van der Waals surface area contributed by atoms with E-state index < -0.39 is 11.8 Å². The number of rotatable bonds is 2. The van der Waals surface area contributed by atoms with Gasteiger partial charge >= 0.3 is 5.97 Å².